The number of aromatic hydroxyl groups is 1. The number of hydrogen-bond donors (Lipinski definition) is 1. The molecule has 23 heavy (non-hydrogen) atoms. The molecule has 4 aromatic rings. The Kier molecular flexibility index (Phi) is 2.92. The zero-order valence-electron chi connectivity index (χ0n) is 12.2. The highest BCUT2D eigenvalue weighted by molar-refractivity contribution is 5.92. The van der Waals surface area contributed by atoms with Crippen LogP contribution in [0, 0.1) is 11.3 Å². The molecule has 0 saturated heterocycles. The second kappa shape index (κ2) is 5.08. The molecule has 0 amide bonds. The van der Waals surface area contributed by atoms with Crippen molar-refractivity contribution in [2.75, 3.05) is 0 Å². The molecule has 0 saturated carbocycles. The monoisotopic (exact) mass is 299 g/mol. The van der Waals surface area contributed by atoms with Crippen LogP contribution < -0.4 is 0 Å². The topological polar surface area (TPSA) is 53.9 Å². The van der Waals surface area contributed by atoms with Gasteiger partial charge in [0.1, 0.15) is 23.2 Å². The summed E-state index contributed by atoms with van der Waals surface area (Å²) in [6.07, 6.45) is 3.85. The Morgan fingerprint density at radius 2 is 1.57 bits per heavy atom. The molecule has 2 aromatic heterocycles. The summed E-state index contributed by atoms with van der Waals surface area (Å²) in [5.41, 5.74) is 2.48. The maximum atomic E-state index is 9.70. The van der Waals surface area contributed by atoms with Gasteiger partial charge in [0.25, 0.3) is 0 Å². The summed E-state index contributed by atoms with van der Waals surface area (Å²) in [4.78, 5) is 0. The van der Waals surface area contributed by atoms with Gasteiger partial charge >= 0.3 is 0 Å². The molecule has 0 radical (unpaired) electrons. The fourth-order valence-corrected chi connectivity index (χ4v) is 2.92. The SMILES string of the molecule is N#Cc1c(-n2cccc2)n(-c2ccc(O)cc2)c2ccccc12. The Bertz CT molecular complexity index is 1020. The van der Waals surface area contributed by atoms with Crippen molar-refractivity contribution in [2.24, 2.45) is 0 Å². The van der Waals surface area contributed by atoms with Crippen molar-refractivity contribution in [3.8, 4) is 23.3 Å². The first-order valence-corrected chi connectivity index (χ1v) is 7.26. The van der Waals surface area contributed by atoms with E-state index in [1.807, 2.05) is 70.1 Å². The van der Waals surface area contributed by atoms with Gasteiger partial charge in [-0.2, -0.15) is 5.26 Å². The predicted molar refractivity (Wildman–Crippen MR) is 89.0 cm³/mol. The minimum atomic E-state index is 0.216. The van der Waals surface area contributed by atoms with E-state index in [9.17, 15) is 10.4 Å². The van der Waals surface area contributed by atoms with E-state index in [1.54, 1.807) is 12.1 Å². The Morgan fingerprint density at radius 1 is 0.870 bits per heavy atom. The molecule has 2 aromatic carbocycles. The van der Waals surface area contributed by atoms with Gasteiger partial charge in [0.2, 0.25) is 0 Å². The van der Waals surface area contributed by atoms with Crippen LogP contribution in [0.3, 0.4) is 0 Å². The molecule has 1 N–H and O–H groups in total. The van der Waals surface area contributed by atoms with Crippen LogP contribution in [0.5, 0.6) is 5.75 Å². The van der Waals surface area contributed by atoms with E-state index in [1.165, 1.54) is 0 Å². The summed E-state index contributed by atoms with van der Waals surface area (Å²) in [5.74, 6) is 1.01. The second-order valence-electron chi connectivity index (χ2n) is 5.27. The average Bonchev–Trinajstić information content (AvgIpc) is 3.21. The van der Waals surface area contributed by atoms with Crippen LogP contribution in [0.25, 0.3) is 22.4 Å². The molecule has 0 aliphatic rings. The number of nitriles is 1. The summed E-state index contributed by atoms with van der Waals surface area (Å²) >= 11 is 0. The Balaban J connectivity index is 2.15. The van der Waals surface area contributed by atoms with Crippen molar-refractivity contribution in [1.82, 2.24) is 9.13 Å². The van der Waals surface area contributed by atoms with Crippen LogP contribution in [0.15, 0.2) is 73.1 Å². The standard InChI is InChI=1S/C19H13N3O/c20-13-17-16-5-1-2-6-18(16)22(14-7-9-15(23)10-8-14)19(17)21-11-3-4-12-21/h1-12,23H. The molecule has 4 rings (SSSR count). The molecular formula is C19H13N3O. The number of para-hydroxylation sites is 1. The van der Waals surface area contributed by atoms with Gasteiger partial charge < -0.3 is 9.67 Å². The summed E-state index contributed by atoms with van der Waals surface area (Å²) in [7, 11) is 0. The molecular weight excluding hydrogens is 286 g/mol. The first-order chi connectivity index (χ1) is 11.3. The van der Waals surface area contributed by atoms with Crippen molar-refractivity contribution < 1.29 is 5.11 Å². The number of fused-ring (bicyclic) bond motifs is 1. The van der Waals surface area contributed by atoms with Crippen molar-refractivity contribution in [3.05, 3.63) is 78.6 Å². The van der Waals surface area contributed by atoms with E-state index >= 15 is 0 Å². The molecule has 0 spiro atoms. The smallest absolute Gasteiger partial charge is 0.140 e. The number of benzene rings is 2. The zero-order chi connectivity index (χ0) is 15.8. The van der Waals surface area contributed by atoms with E-state index in [4.69, 9.17) is 0 Å². The van der Waals surface area contributed by atoms with E-state index in [0.29, 0.717) is 5.56 Å². The molecule has 4 nitrogen and oxygen atoms in total. The number of aromatic nitrogens is 2. The van der Waals surface area contributed by atoms with E-state index in [2.05, 4.69) is 6.07 Å². The molecule has 0 atom stereocenters. The second-order valence-corrected chi connectivity index (χ2v) is 5.27. The third-order valence-electron chi connectivity index (χ3n) is 3.92. The minimum Gasteiger partial charge on any atom is -0.508 e. The number of hydrogen-bond acceptors (Lipinski definition) is 2. The lowest BCUT2D eigenvalue weighted by Crippen LogP contribution is -2.03. The van der Waals surface area contributed by atoms with Crippen LogP contribution in [-0.4, -0.2) is 14.2 Å². The summed E-state index contributed by atoms with van der Waals surface area (Å²) in [6, 6.07) is 21.0. The van der Waals surface area contributed by atoms with Crippen molar-refractivity contribution >= 4 is 10.9 Å². The lowest BCUT2D eigenvalue weighted by Gasteiger charge is -2.12. The Labute approximate surface area is 133 Å². The van der Waals surface area contributed by atoms with E-state index in [0.717, 1.165) is 22.4 Å². The summed E-state index contributed by atoms with van der Waals surface area (Å²) in [5, 5.41) is 20.2. The first-order valence-electron chi connectivity index (χ1n) is 7.26. The third kappa shape index (κ3) is 1.99. The number of rotatable bonds is 2. The first kappa shape index (κ1) is 13.2. The molecule has 0 fully saturated rings. The fourth-order valence-electron chi connectivity index (χ4n) is 2.92. The van der Waals surface area contributed by atoms with Gasteiger partial charge in [-0.1, -0.05) is 18.2 Å². The maximum absolute atomic E-state index is 9.70. The summed E-state index contributed by atoms with van der Waals surface area (Å²) < 4.78 is 3.97. The Hall–Kier alpha value is -3.45. The van der Waals surface area contributed by atoms with Gasteiger partial charge in [0.15, 0.2) is 0 Å². The van der Waals surface area contributed by atoms with E-state index in [-0.39, 0.29) is 5.75 Å². The highest BCUT2D eigenvalue weighted by atomic mass is 16.3. The van der Waals surface area contributed by atoms with Crippen molar-refractivity contribution in [1.29, 1.82) is 5.26 Å². The Morgan fingerprint density at radius 3 is 2.26 bits per heavy atom. The molecule has 2 heterocycles. The largest absolute Gasteiger partial charge is 0.508 e. The third-order valence-corrected chi connectivity index (χ3v) is 3.92. The average molecular weight is 299 g/mol. The highest BCUT2D eigenvalue weighted by Crippen LogP contribution is 2.32. The lowest BCUT2D eigenvalue weighted by atomic mass is 10.2. The van der Waals surface area contributed by atoms with Gasteiger partial charge in [0.05, 0.1) is 5.52 Å². The number of phenols is 1. The molecule has 4 heteroatoms. The normalized spacial score (nSPS) is 10.7. The van der Waals surface area contributed by atoms with Crippen molar-refractivity contribution in [3.63, 3.8) is 0 Å². The zero-order valence-corrected chi connectivity index (χ0v) is 12.2. The summed E-state index contributed by atoms with van der Waals surface area (Å²) in [6.45, 7) is 0. The van der Waals surface area contributed by atoms with Gasteiger partial charge in [-0.3, -0.25) is 4.57 Å². The minimum absolute atomic E-state index is 0.216. The van der Waals surface area contributed by atoms with Crippen LogP contribution in [0.2, 0.25) is 0 Å². The predicted octanol–water partition coefficient (Wildman–Crippen LogP) is 4.00. The van der Waals surface area contributed by atoms with Crippen LogP contribution in [0.4, 0.5) is 0 Å². The van der Waals surface area contributed by atoms with Crippen molar-refractivity contribution in [2.45, 2.75) is 0 Å². The molecule has 0 unspecified atom stereocenters. The van der Waals surface area contributed by atoms with Gasteiger partial charge in [-0.25, -0.2) is 0 Å². The van der Waals surface area contributed by atoms with Gasteiger partial charge in [-0.05, 0) is 42.5 Å². The highest BCUT2D eigenvalue weighted by Gasteiger charge is 2.19. The van der Waals surface area contributed by atoms with E-state index < -0.39 is 0 Å². The molecule has 0 bridgehead atoms. The fraction of sp³-hybridized carbons (Fsp3) is 0. The number of nitrogens with zero attached hydrogens (tertiary/aromatic N) is 3. The van der Waals surface area contributed by atoms with Crippen LogP contribution >= 0.6 is 0 Å². The molecule has 0 aliphatic carbocycles. The van der Waals surface area contributed by atoms with Crippen LogP contribution in [0.1, 0.15) is 5.56 Å². The van der Waals surface area contributed by atoms with Gasteiger partial charge in [0, 0.05) is 23.5 Å². The lowest BCUT2D eigenvalue weighted by molar-refractivity contribution is 0.475. The molecule has 110 valence electrons. The maximum Gasteiger partial charge on any atom is 0.140 e. The molecule has 0 aliphatic heterocycles. The number of phenolic OH excluding ortho intramolecular Hbond substituents is 1. The quantitative estimate of drug-likeness (QED) is 0.608. The van der Waals surface area contributed by atoms with Crippen LogP contribution in [-0.2, 0) is 0 Å². The van der Waals surface area contributed by atoms with Gasteiger partial charge in [-0.15, -0.1) is 0 Å².